The number of para-hydroxylation sites is 4. The fraction of sp³-hybridized carbons (Fsp3) is 0. The third-order valence-electron chi connectivity index (χ3n) is 10.5. The van der Waals surface area contributed by atoms with E-state index in [2.05, 4.69) is 168 Å². The predicted molar refractivity (Wildman–Crippen MR) is 245 cm³/mol. The van der Waals surface area contributed by atoms with Crippen LogP contribution in [0.15, 0.2) is 192 Å². The number of carbonyl (C=O) groups is 2. The Bertz CT molecular complexity index is 2920. The number of carbonyl (C=O) groups excluding carboxylic acids is 2. The lowest BCUT2D eigenvalue weighted by Gasteiger charge is -2.25. The molecular weight excluding hydrogens is 789 g/mol. The van der Waals surface area contributed by atoms with Crippen molar-refractivity contribution >= 4 is 122 Å². The van der Waals surface area contributed by atoms with Gasteiger partial charge in [-0.05, 0) is 131 Å². The monoisotopic (exact) mass is 818 g/mol. The van der Waals surface area contributed by atoms with Gasteiger partial charge in [-0.15, -0.1) is 22.7 Å². The predicted octanol–water partition coefficient (Wildman–Crippen LogP) is 12.7. The van der Waals surface area contributed by atoms with E-state index in [-0.39, 0.29) is 10.2 Å². The molecule has 0 saturated heterocycles. The molecule has 8 heteroatoms. The van der Waals surface area contributed by atoms with Crippen LogP contribution in [-0.2, 0) is 9.59 Å². The molecule has 0 spiro atoms. The maximum atomic E-state index is 13.8. The van der Waals surface area contributed by atoms with Crippen LogP contribution in [0.25, 0.3) is 31.3 Å². The maximum absolute atomic E-state index is 13.8. The summed E-state index contributed by atoms with van der Waals surface area (Å²) in [7, 11) is 0. The Kier molecular flexibility index (Phi) is 8.66. The number of fused-ring (bicyclic) bond motifs is 4. The molecule has 2 aliphatic rings. The summed E-state index contributed by atoms with van der Waals surface area (Å²) in [5.74, 6) is 0. The van der Waals surface area contributed by atoms with E-state index >= 15 is 0 Å². The van der Waals surface area contributed by atoms with Gasteiger partial charge in [-0.3, -0.25) is 9.59 Å². The highest BCUT2D eigenvalue weighted by molar-refractivity contribution is 8.15. The van der Waals surface area contributed by atoms with Gasteiger partial charge < -0.3 is 9.80 Å². The second-order valence-electron chi connectivity index (χ2n) is 14.1. The number of hydrogen-bond donors (Lipinski definition) is 0. The molecule has 0 saturated carbocycles. The molecule has 4 heterocycles. The Hall–Kier alpha value is -6.16. The smallest absolute Gasteiger partial charge is 0.226 e. The Morgan fingerprint density at radius 2 is 0.690 bits per heavy atom. The van der Waals surface area contributed by atoms with Gasteiger partial charge in [0.05, 0.1) is 11.1 Å². The van der Waals surface area contributed by atoms with Crippen molar-refractivity contribution < 1.29 is 9.59 Å². The lowest BCUT2D eigenvalue weighted by atomic mass is 10.1. The summed E-state index contributed by atoms with van der Waals surface area (Å²) in [5.41, 5.74) is 7.83. The van der Waals surface area contributed by atoms with Crippen LogP contribution in [0.2, 0.25) is 0 Å². The van der Waals surface area contributed by atoms with E-state index in [0.717, 1.165) is 84.3 Å². The SMILES string of the molecule is O=C1Sc2cc3c(cc2=C1c1cc2ccc(N(c4ccccc4)c4ccccc4)cc2s1)SC(=O)C=3c1cc2ccc(N(c3ccccc3)c3ccccc3)cc2s1. The topological polar surface area (TPSA) is 40.6 Å². The lowest BCUT2D eigenvalue weighted by Crippen LogP contribution is -2.14. The van der Waals surface area contributed by atoms with E-state index in [1.807, 2.05) is 24.3 Å². The molecular formula is C50H30N2O2S4. The summed E-state index contributed by atoms with van der Waals surface area (Å²) in [6, 6.07) is 62.9. The average molecular weight is 819 g/mol. The van der Waals surface area contributed by atoms with Crippen molar-refractivity contribution in [1.82, 2.24) is 0 Å². The fourth-order valence-corrected chi connectivity index (χ4v) is 12.2. The molecule has 0 N–H and O–H groups in total. The van der Waals surface area contributed by atoms with Crippen LogP contribution in [0.1, 0.15) is 9.75 Å². The molecule has 4 nitrogen and oxygen atoms in total. The zero-order chi connectivity index (χ0) is 38.7. The maximum Gasteiger partial charge on any atom is 0.226 e. The molecule has 2 aliphatic heterocycles. The van der Waals surface area contributed by atoms with Gasteiger partial charge in [0.25, 0.3) is 0 Å². The van der Waals surface area contributed by atoms with Crippen LogP contribution in [0, 0.1) is 0 Å². The van der Waals surface area contributed by atoms with Gasteiger partial charge in [-0.25, -0.2) is 0 Å². The fourth-order valence-electron chi connectivity index (χ4n) is 7.87. The van der Waals surface area contributed by atoms with E-state index in [9.17, 15) is 9.59 Å². The summed E-state index contributed by atoms with van der Waals surface area (Å²) >= 11 is 5.80. The van der Waals surface area contributed by atoms with Crippen LogP contribution in [-0.4, -0.2) is 10.2 Å². The second-order valence-corrected chi connectivity index (χ2v) is 18.2. The summed E-state index contributed by atoms with van der Waals surface area (Å²) in [6.07, 6.45) is 0. The standard InChI is InChI=1S/C50H30N2O2S4/c53-49-47(45-25-31-21-23-37(27-41(31)55-45)51(33-13-5-1-6-14-33)34-15-7-2-8-16-34)39-29-44-40(30-43(39)57-49)48(50(54)58-44)46-26-32-22-24-38(28-42(32)56-46)52(35-17-9-3-10-18-35)36-19-11-4-12-20-36/h1-30H. The molecule has 9 aromatic rings. The molecule has 0 aliphatic carbocycles. The molecule has 2 aromatic heterocycles. The number of thiophene rings is 2. The first-order valence-corrected chi connectivity index (χ1v) is 22.1. The summed E-state index contributed by atoms with van der Waals surface area (Å²) in [4.78, 5) is 35.9. The van der Waals surface area contributed by atoms with Gasteiger partial charge in [0, 0.05) is 73.5 Å². The first-order valence-electron chi connectivity index (χ1n) is 18.8. The third kappa shape index (κ3) is 6.08. The number of benzene rings is 7. The molecule has 58 heavy (non-hydrogen) atoms. The van der Waals surface area contributed by atoms with Crippen molar-refractivity contribution in [3.63, 3.8) is 0 Å². The van der Waals surface area contributed by atoms with Crippen molar-refractivity contribution in [2.75, 3.05) is 9.80 Å². The van der Waals surface area contributed by atoms with Crippen molar-refractivity contribution in [1.29, 1.82) is 0 Å². The molecule has 0 radical (unpaired) electrons. The minimum atomic E-state index is 0.0364. The second kappa shape index (κ2) is 14.3. The van der Waals surface area contributed by atoms with Crippen LogP contribution in [0.4, 0.5) is 34.1 Å². The first kappa shape index (κ1) is 35.0. The van der Waals surface area contributed by atoms with Crippen LogP contribution in [0.3, 0.4) is 0 Å². The molecule has 276 valence electrons. The van der Waals surface area contributed by atoms with Crippen LogP contribution < -0.4 is 20.2 Å². The van der Waals surface area contributed by atoms with E-state index in [1.54, 1.807) is 22.7 Å². The number of nitrogens with zero attached hydrogens (tertiary/aromatic N) is 2. The largest absolute Gasteiger partial charge is 0.310 e. The van der Waals surface area contributed by atoms with E-state index in [1.165, 1.54) is 23.5 Å². The number of hydrogen-bond acceptors (Lipinski definition) is 8. The summed E-state index contributed by atoms with van der Waals surface area (Å²) in [6.45, 7) is 0. The van der Waals surface area contributed by atoms with Gasteiger partial charge >= 0.3 is 0 Å². The van der Waals surface area contributed by atoms with Crippen molar-refractivity contribution in [2.24, 2.45) is 0 Å². The Labute approximate surface area is 351 Å². The minimum Gasteiger partial charge on any atom is -0.310 e. The van der Waals surface area contributed by atoms with Crippen LogP contribution >= 0.6 is 46.2 Å². The van der Waals surface area contributed by atoms with E-state index in [0.29, 0.717) is 11.1 Å². The van der Waals surface area contributed by atoms with Crippen molar-refractivity contribution in [2.45, 2.75) is 9.79 Å². The van der Waals surface area contributed by atoms with E-state index < -0.39 is 0 Å². The highest BCUT2D eigenvalue weighted by Gasteiger charge is 2.31. The molecule has 0 amide bonds. The third-order valence-corrected chi connectivity index (χ3v) is 14.6. The number of anilines is 6. The molecule has 11 rings (SSSR count). The highest BCUT2D eigenvalue weighted by Crippen LogP contribution is 2.43. The van der Waals surface area contributed by atoms with Gasteiger partial charge in [0.1, 0.15) is 0 Å². The average Bonchev–Trinajstić information content (AvgIpc) is 4.03. The normalized spacial score (nSPS) is 13.4. The van der Waals surface area contributed by atoms with E-state index in [4.69, 9.17) is 0 Å². The van der Waals surface area contributed by atoms with Gasteiger partial charge in [0.2, 0.25) is 10.2 Å². The summed E-state index contributed by atoms with van der Waals surface area (Å²) in [5, 5.41) is 4.06. The molecule has 0 bridgehead atoms. The van der Waals surface area contributed by atoms with Gasteiger partial charge in [0.15, 0.2) is 0 Å². The highest BCUT2D eigenvalue weighted by atomic mass is 32.2. The molecule has 0 fully saturated rings. The minimum absolute atomic E-state index is 0.0364. The Morgan fingerprint density at radius 3 is 1.03 bits per heavy atom. The number of thioether (sulfide) groups is 2. The molecule has 0 unspecified atom stereocenters. The zero-order valence-corrected chi connectivity index (χ0v) is 33.9. The Balaban J connectivity index is 0.981. The van der Waals surface area contributed by atoms with Gasteiger partial charge in [-0.1, -0.05) is 84.9 Å². The van der Waals surface area contributed by atoms with Gasteiger partial charge in [-0.2, -0.15) is 0 Å². The Morgan fingerprint density at radius 1 is 0.345 bits per heavy atom. The zero-order valence-electron chi connectivity index (χ0n) is 30.7. The number of rotatable bonds is 8. The van der Waals surface area contributed by atoms with Crippen molar-refractivity contribution in [3.05, 3.63) is 202 Å². The van der Waals surface area contributed by atoms with Crippen molar-refractivity contribution in [3.8, 4) is 0 Å². The lowest BCUT2D eigenvalue weighted by molar-refractivity contribution is -0.106. The molecule has 7 aromatic carbocycles. The quantitative estimate of drug-likeness (QED) is 0.152. The summed E-state index contributed by atoms with van der Waals surface area (Å²) < 4.78 is 2.21. The molecule has 0 atom stereocenters. The van der Waals surface area contributed by atoms with Crippen LogP contribution in [0.5, 0.6) is 0 Å². The first-order chi connectivity index (χ1) is 28.6.